The largest absolute Gasteiger partial charge is 0.378 e. The summed E-state index contributed by atoms with van der Waals surface area (Å²) in [7, 11) is 4.03. The maximum Gasteiger partial charge on any atom is 0.274 e. The molecule has 0 aliphatic carbocycles. The van der Waals surface area contributed by atoms with Crippen molar-refractivity contribution in [2.45, 2.75) is 32.4 Å². The van der Waals surface area contributed by atoms with Gasteiger partial charge in [-0.15, -0.1) is 0 Å². The van der Waals surface area contributed by atoms with E-state index in [9.17, 15) is 4.79 Å². The molecule has 1 aliphatic rings. The van der Waals surface area contributed by atoms with Crippen LogP contribution in [0.25, 0.3) is 0 Å². The Labute approximate surface area is 148 Å². The number of rotatable bonds is 6. The lowest BCUT2D eigenvalue weighted by molar-refractivity contribution is 0.0503. The number of ether oxygens (including phenoxy) is 1. The van der Waals surface area contributed by atoms with E-state index in [-0.39, 0.29) is 12.0 Å². The predicted molar refractivity (Wildman–Crippen MR) is 97.8 cm³/mol. The van der Waals surface area contributed by atoms with Crippen molar-refractivity contribution in [1.82, 2.24) is 15.1 Å². The van der Waals surface area contributed by atoms with Gasteiger partial charge in [-0.1, -0.05) is 12.1 Å². The van der Waals surface area contributed by atoms with Crippen LogP contribution < -0.4 is 4.90 Å². The zero-order chi connectivity index (χ0) is 17.8. The molecule has 1 aliphatic heterocycles. The maximum absolute atomic E-state index is 12.9. The predicted octanol–water partition coefficient (Wildman–Crippen LogP) is 2.61. The Morgan fingerprint density at radius 3 is 2.64 bits per heavy atom. The second-order valence-corrected chi connectivity index (χ2v) is 6.82. The average Bonchev–Trinajstić information content (AvgIpc) is 3.26. The van der Waals surface area contributed by atoms with Gasteiger partial charge in [-0.2, -0.15) is 5.10 Å². The summed E-state index contributed by atoms with van der Waals surface area (Å²) in [4.78, 5) is 16.8. The summed E-state index contributed by atoms with van der Waals surface area (Å²) in [5.41, 5.74) is 3.59. The van der Waals surface area contributed by atoms with E-state index in [0.29, 0.717) is 18.8 Å². The zero-order valence-corrected chi connectivity index (χ0v) is 15.2. The van der Waals surface area contributed by atoms with Crippen LogP contribution in [-0.2, 0) is 11.3 Å². The molecule has 1 amide bonds. The van der Waals surface area contributed by atoms with Gasteiger partial charge in [-0.05, 0) is 43.5 Å². The number of nitrogens with zero attached hydrogens (tertiary/aromatic N) is 3. The van der Waals surface area contributed by atoms with E-state index in [1.807, 2.05) is 25.9 Å². The molecule has 1 unspecified atom stereocenters. The molecule has 0 bridgehead atoms. The number of anilines is 1. The lowest BCUT2D eigenvalue weighted by Gasteiger charge is -2.25. The van der Waals surface area contributed by atoms with Gasteiger partial charge in [-0.25, -0.2) is 0 Å². The summed E-state index contributed by atoms with van der Waals surface area (Å²) in [5, 5.41) is 6.97. The number of H-pyrrole nitrogens is 1. The fourth-order valence-corrected chi connectivity index (χ4v) is 3.06. The number of benzene rings is 1. The van der Waals surface area contributed by atoms with Crippen LogP contribution >= 0.6 is 0 Å². The Hall–Kier alpha value is -2.34. The van der Waals surface area contributed by atoms with Crippen molar-refractivity contribution in [2.24, 2.45) is 0 Å². The number of aryl methyl sites for hydroxylation is 1. The fraction of sp³-hybridized carbons (Fsp3) is 0.474. The van der Waals surface area contributed by atoms with Gasteiger partial charge < -0.3 is 14.5 Å². The Morgan fingerprint density at radius 2 is 2.08 bits per heavy atom. The van der Waals surface area contributed by atoms with E-state index in [2.05, 4.69) is 39.4 Å². The van der Waals surface area contributed by atoms with Gasteiger partial charge in [0.1, 0.15) is 5.69 Å². The summed E-state index contributed by atoms with van der Waals surface area (Å²) in [6, 6.07) is 10.1. The van der Waals surface area contributed by atoms with E-state index in [1.165, 1.54) is 0 Å². The number of carbonyl (C=O) groups excluding carboxylic acids is 1. The fourth-order valence-electron chi connectivity index (χ4n) is 3.06. The van der Waals surface area contributed by atoms with Crippen LogP contribution in [0, 0.1) is 6.92 Å². The lowest BCUT2D eigenvalue weighted by atomic mass is 10.1. The molecule has 6 nitrogen and oxygen atoms in total. The molecule has 3 rings (SSSR count). The Bertz CT molecular complexity index is 702. The summed E-state index contributed by atoms with van der Waals surface area (Å²) in [5.74, 6) is -0.0588. The molecule has 0 saturated carbocycles. The Balaban J connectivity index is 1.76. The molecule has 1 saturated heterocycles. The molecule has 25 heavy (non-hydrogen) atoms. The van der Waals surface area contributed by atoms with Crippen molar-refractivity contribution in [3.05, 3.63) is 47.3 Å². The molecule has 1 atom stereocenters. The highest BCUT2D eigenvalue weighted by Crippen LogP contribution is 2.18. The molecule has 1 aromatic heterocycles. The first-order valence-corrected chi connectivity index (χ1v) is 8.72. The Morgan fingerprint density at radius 1 is 1.32 bits per heavy atom. The first-order chi connectivity index (χ1) is 12.0. The number of hydrogen-bond donors (Lipinski definition) is 1. The first-order valence-electron chi connectivity index (χ1n) is 8.72. The molecular formula is C19H26N4O2. The van der Waals surface area contributed by atoms with Crippen LogP contribution in [0.1, 0.15) is 34.6 Å². The van der Waals surface area contributed by atoms with E-state index in [0.717, 1.165) is 36.4 Å². The van der Waals surface area contributed by atoms with E-state index in [1.54, 1.807) is 6.07 Å². The minimum absolute atomic E-state index is 0.0588. The van der Waals surface area contributed by atoms with Gasteiger partial charge in [-0.3, -0.25) is 9.89 Å². The Kier molecular flexibility index (Phi) is 5.38. The summed E-state index contributed by atoms with van der Waals surface area (Å²) >= 11 is 0. The van der Waals surface area contributed by atoms with Gasteiger partial charge in [0.2, 0.25) is 0 Å². The highest BCUT2D eigenvalue weighted by atomic mass is 16.5. The van der Waals surface area contributed by atoms with Crippen molar-refractivity contribution in [1.29, 1.82) is 0 Å². The summed E-state index contributed by atoms with van der Waals surface area (Å²) in [6.45, 7) is 3.83. The summed E-state index contributed by atoms with van der Waals surface area (Å²) < 4.78 is 5.73. The third kappa shape index (κ3) is 4.39. The van der Waals surface area contributed by atoms with Gasteiger partial charge >= 0.3 is 0 Å². The van der Waals surface area contributed by atoms with Crippen LogP contribution in [0.15, 0.2) is 30.3 Å². The number of aromatic amines is 1. The quantitative estimate of drug-likeness (QED) is 0.876. The molecule has 2 heterocycles. The van der Waals surface area contributed by atoms with Crippen molar-refractivity contribution in [3.8, 4) is 0 Å². The van der Waals surface area contributed by atoms with E-state index in [4.69, 9.17) is 4.74 Å². The van der Waals surface area contributed by atoms with Gasteiger partial charge in [0.05, 0.1) is 6.10 Å². The zero-order valence-electron chi connectivity index (χ0n) is 15.2. The maximum atomic E-state index is 12.9. The molecule has 0 spiro atoms. The van der Waals surface area contributed by atoms with Crippen molar-refractivity contribution < 1.29 is 9.53 Å². The van der Waals surface area contributed by atoms with Gasteiger partial charge in [0.25, 0.3) is 5.91 Å². The normalized spacial score (nSPS) is 16.8. The molecule has 1 N–H and O–H groups in total. The smallest absolute Gasteiger partial charge is 0.274 e. The van der Waals surface area contributed by atoms with Crippen LogP contribution in [0.3, 0.4) is 0 Å². The number of aromatic nitrogens is 2. The van der Waals surface area contributed by atoms with Gasteiger partial charge in [0, 0.05) is 45.2 Å². The second kappa shape index (κ2) is 7.70. The number of hydrogen-bond acceptors (Lipinski definition) is 4. The van der Waals surface area contributed by atoms with Crippen molar-refractivity contribution in [2.75, 3.05) is 32.1 Å². The number of carbonyl (C=O) groups is 1. The molecule has 1 aromatic carbocycles. The number of nitrogens with one attached hydrogen (secondary N) is 1. The molecular weight excluding hydrogens is 316 g/mol. The van der Waals surface area contributed by atoms with Crippen LogP contribution in [0.4, 0.5) is 5.69 Å². The van der Waals surface area contributed by atoms with Crippen molar-refractivity contribution >= 4 is 11.6 Å². The third-order valence-electron chi connectivity index (χ3n) is 4.49. The van der Waals surface area contributed by atoms with Crippen LogP contribution in [-0.4, -0.2) is 54.4 Å². The number of amides is 1. The van der Waals surface area contributed by atoms with Gasteiger partial charge in [0.15, 0.2) is 0 Å². The standard InChI is InChI=1S/C19H26N4O2/c1-14-11-18(21-20-14)19(24)23(13-17-5-4-10-25-17)12-15-6-8-16(9-7-15)22(2)3/h6-9,11,17H,4-5,10,12-13H2,1-3H3,(H,20,21). The molecule has 2 aromatic rings. The van der Waals surface area contributed by atoms with E-state index >= 15 is 0 Å². The average molecular weight is 342 g/mol. The molecule has 0 radical (unpaired) electrons. The topological polar surface area (TPSA) is 61.5 Å². The monoisotopic (exact) mass is 342 g/mol. The van der Waals surface area contributed by atoms with Crippen LogP contribution in [0.2, 0.25) is 0 Å². The molecule has 6 heteroatoms. The highest BCUT2D eigenvalue weighted by molar-refractivity contribution is 5.92. The third-order valence-corrected chi connectivity index (χ3v) is 4.49. The SMILES string of the molecule is Cc1cc(C(=O)N(Cc2ccc(N(C)C)cc2)CC2CCCO2)n[nH]1. The van der Waals surface area contributed by atoms with Crippen LogP contribution in [0.5, 0.6) is 0 Å². The van der Waals surface area contributed by atoms with Crippen molar-refractivity contribution in [3.63, 3.8) is 0 Å². The first kappa shape index (κ1) is 17.5. The molecule has 1 fully saturated rings. The van der Waals surface area contributed by atoms with E-state index < -0.39 is 0 Å². The molecule has 134 valence electrons. The summed E-state index contributed by atoms with van der Waals surface area (Å²) in [6.07, 6.45) is 2.18. The highest BCUT2D eigenvalue weighted by Gasteiger charge is 2.25. The minimum atomic E-state index is -0.0588. The minimum Gasteiger partial charge on any atom is -0.378 e. The lowest BCUT2D eigenvalue weighted by Crippen LogP contribution is -2.37. The second-order valence-electron chi connectivity index (χ2n) is 6.82.